The molecule has 3 nitrogen and oxygen atoms in total. The average Bonchev–Trinajstić information content (AvgIpc) is 2.47. The van der Waals surface area contributed by atoms with Crippen molar-refractivity contribution in [3.63, 3.8) is 0 Å². The highest BCUT2D eigenvalue weighted by Gasteiger charge is 2.38. The summed E-state index contributed by atoms with van der Waals surface area (Å²) in [5.74, 6) is 2.09. The van der Waals surface area contributed by atoms with Crippen LogP contribution in [0.1, 0.15) is 56.6 Å². The molecule has 0 unspecified atom stereocenters. The highest BCUT2D eigenvalue weighted by molar-refractivity contribution is 6.17. The van der Waals surface area contributed by atoms with Crippen LogP contribution in [-0.2, 0) is 22.6 Å². The van der Waals surface area contributed by atoms with Gasteiger partial charge in [-0.25, -0.2) is 9.97 Å². The van der Waals surface area contributed by atoms with Gasteiger partial charge in [0.25, 0.3) is 0 Å². The molecule has 19 heavy (non-hydrogen) atoms. The lowest BCUT2D eigenvalue weighted by molar-refractivity contribution is -0.0599. The molecule has 4 heteroatoms. The minimum Gasteiger partial charge on any atom is -0.370 e. The second kappa shape index (κ2) is 6.19. The highest BCUT2D eigenvalue weighted by atomic mass is 35.5. The van der Waals surface area contributed by atoms with E-state index < -0.39 is 0 Å². The normalized spacial score (nSPS) is 27.5. The SMILES string of the molecule is CCc1nc(C2(OC)CCC(C)CC2)ncc1CCl. The van der Waals surface area contributed by atoms with Crippen LogP contribution < -0.4 is 0 Å². The summed E-state index contributed by atoms with van der Waals surface area (Å²) in [6, 6.07) is 0. The molecule has 1 aliphatic carbocycles. The number of halogens is 1. The Morgan fingerprint density at radius 1 is 1.42 bits per heavy atom. The van der Waals surface area contributed by atoms with Crippen molar-refractivity contribution in [1.29, 1.82) is 0 Å². The van der Waals surface area contributed by atoms with Crippen molar-refractivity contribution in [2.24, 2.45) is 5.92 Å². The van der Waals surface area contributed by atoms with Gasteiger partial charge in [0.2, 0.25) is 0 Å². The molecule has 1 heterocycles. The van der Waals surface area contributed by atoms with Gasteiger partial charge in [-0.3, -0.25) is 0 Å². The van der Waals surface area contributed by atoms with Gasteiger partial charge >= 0.3 is 0 Å². The largest absolute Gasteiger partial charge is 0.370 e. The standard InChI is InChI=1S/C15H23ClN2O/c1-4-13-12(9-16)10-17-14(18-13)15(19-3)7-5-11(2)6-8-15/h10-11H,4-9H2,1-3H3. The number of methoxy groups -OCH3 is 1. The van der Waals surface area contributed by atoms with Crippen LogP contribution in [0.2, 0.25) is 0 Å². The Balaban J connectivity index is 2.33. The first-order valence-electron chi connectivity index (χ1n) is 7.11. The fraction of sp³-hybridized carbons (Fsp3) is 0.733. The highest BCUT2D eigenvalue weighted by Crippen LogP contribution is 2.40. The number of rotatable bonds is 4. The van der Waals surface area contributed by atoms with Gasteiger partial charge in [0.1, 0.15) is 5.60 Å². The maximum atomic E-state index is 5.93. The minimum absolute atomic E-state index is 0.290. The van der Waals surface area contributed by atoms with Crippen molar-refractivity contribution in [2.45, 2.75) is 57.4 Å². The number of ether oxygens (including phenoxy) is 1. The van der Waals surface area contributed by atoms with E-state index in [1.807, 2.05) is 6.20 Å². The van der Waals surface area contributed by atoms with Gasteiger partial charge in [-0.15, -0.1) is 11.6 Å². The molecule has 0 amide bonds. The molecule has 0 spiro atoms. The maximum Gasteiger partial charge on any atom is 0.160 e. The van der Waals surface area contributed by atoms with Crippen molar-refractivity contribution in [3.8, 4) is 0 Å². The van der Waals surface area contributed by atoms with Crippen LogP contribution in [0.3, 0.4) is 0 Å². The Morgan fingerprint density at radius 2 is 2.11 bits per heavy atom. The zero-order valence-corrected chi connectivity index (χ0v) is 12.8. The summed E-state index contributed by atoms with van der Waals surface area (Å²) in [6.07, 6.45) is 7.12. The first kappa shape index (κ1) is 14.7. The Morgan fingerprint density at radius 3 is 2.63 bits per heavy atom. The molecule has 1 saturated carbocycles. The van der Waals surface area contributed by atoms with Crippen LogP contribution >= 0.6 is 11.6 Å². The van der Waals surface area contributed by atoms with Crippen LogP contribution in [0.5, 0.6) is 0 Å². The van der Waals surface area contributed by atoms with Gasteiger partial charge < -0.3 is 4.74 Å². The molecule has 0 radical (unpaired) electrons. The second-order valence-electron chi connectivity index (χ2n) is 5.53. The summed E-state index contributed by atoms with van der Waals surface area (Å²) in [6.45, 7) is 4.40. The van der Waals surface area contributed by atoms with E-state index in [1.165, 1.54) is 12.8 Å². The summed E-state index contributed by atoms with van der Waals surface area (Å²) in [5.41, 5.74) is 1.79. The lowest BCUT2D eigenvalue weighted by Gasteiger charge is -2.37. The van der Waals surface area contributed by atoms with Gasteiger partial charge in [0.05, 0.1) is 5.88 Å². The number of hydrogen-bond acceptors (Lipinski definition) is 3. The molecule has 0 saturated heterocycles. The molecule has 106 valence electrons. The predicted octanol–water partition coefficient (Wildman–Crippen LogP) is 3.83. The smallest absolute Gasteiger partial charge is 0.160 e. The minimum atomic E-state index is -0.290. The van der Waals surface area contributed by atoms with Crippen LogP contribution in [-0.4, -0.2) is 17.1 Å². The van der Waals surface area contributed by atoms with Crippen LogP contribution in [0.25, 0.3) is 0 Å². The first-order valence-corrected chi connectivity index (χ1v) is 7.65. The van der Waals surface area contributed by atoms with E-state index in [1.54, 1.807) is 7.11 Å². The molecule has 2 rings (SSSR count). The van der Waals surface area contributed by atoms with E-state index in [2.05, 4.69) is 18.8 Å². The molecule has 0 N–H and O–H groups in total. The molecule has 1 fully saturated rings. The lowest BCUT2D eigenvalue weighted by atomic mass is 9.79. The average molecular weight is 283 g/mol. The number of hydrogen-bond donors (Lipinski definition) is 0. The lowest BCUT2D eigenvalue weighted by Crippen LogP contribution is -2.35. The van der Waals surface area contributed by atoms with Gasteiger partial charge in [-0.1, -0.05) is 13.8 Å². The summed E-state index contributed by atoms with van der Waals surface area (Å²) < 4.78 is 5.83. The molecule has 1 aromatic rings. The topological polar surface area (TPSA) is 35.0 Å². The zero-order chi connectivity index (χ0) is 13.9. The van der Waals surface area contributed by atoms with Gasteiger partial charge in [-0.05, 0) is 38.0 Å². The fourth-order valence-corrected chi connectivity index (χ4v) is 3.05. The van der Waals surface area contributed by atoms with E-state index in [-0.39, 0.29) is 5.60 Å². The third-order valence-corrected chi connectivity index (χ3v) is 4.60. The zero-order valence-electron chi connectivity index (χ0n) is 12.1. The van der Waals surface area contributed by atoms with E-state index >= 15 is 0 Å². The van der Waals surface area contributed by atoms with Crippen LogP contribution in [0.4, 0.5) is 0 Å². The Hall–Kier alpha value is -0.670. The van der Waals surface area contributed by atoms with Crippen LogP contribution in [0, 0.1) is 5.92 Å². The fourth-order valence-electron chi connectivity index (χ4n) is 2.83. The Kier molecular flexibility index (Phi) is 4.80. The van der Waals surface area contributed by atoms with Crippen LogP contribution in [0.15, 0.2) is 6.20 Å². The van der Waals surface area contributed by atoms with E-state index in [4.69, 9.17) is 21.3 Å². The quantitative estimate of drug-likeness (QED) is 0.787. The predicted molar refractivity (Wildman–Crippen MR) is 77.3 cm³/mol. The maximum absolute atomic E-state index is 5.93. The third-order valence-electron chi connectivity index (χ3n) is 4.31. The second-order valence-corrected chi connectivity index (χ2v) is 5.80. The summed E-state index contributed by atoms with van der Waals surface area (Å²) in [5, 5.41) is 0. The van der Waals surface area contributed by atoms with Crippen molar-refractivity contribution >= 4 is 11.6 Å². The number of nitrogens with zero attached hydrogens (tertiary/aromatic N) is 2. The summed E-state index contributed by atoms with van der Waals surface area (Å²) in [4.78, 5) is 9.26. The Bertz CT molecular complexity index is 428. The van der Waals surface area contributed by atoms with Gasteiger partial charge in [-0.2, -0.15) is 0 Å². The van der Waals surface area contributed by atoms with Gasteiger partial charge in [0.15, 0.2) is 5.82 Å². The Labute approximate surface area is 120 Å². The molecule has 1 aromatic heterocycles. The number of aryl methyl sites for hydroxylation is 1. The molecular formula is C15H23ClN2O. The molecule has 0 bridgehead atoms. The van der Waals surface area contributed by atoms with E-state index in [9.17, 15) is 0 Å². The van der Waals surface area contributed by atoms with Gasteiger partial charge in [0, 0.05) is 24.6 Å². The molecule has 0 aliphatic heterocycles. The van der Waals surface area contributed by atoms with E-state index in [0.717, 1.165) is 42.3 Å². The third kappa shape index (κ3) is 2.92. The monoisotopic (exact) mass is 282 g/mol. The van der Waals surface area contributed by atoms with E-state index in [0.29, 0.717) is 5.88 Å². The van der Waals surface area contributed by atoms with Crippen molar-refractivity contribution in [2.75, 3.05) is 7.11 Å². The molecule has 0 aromatic carbocycles. The van der Waals surface area contributed by atoms with Crippen molar-refractivity contribution in [3.05, 3.63) is 23.3 Å². The summed E-state index contributed by atoms with van der Waals surface area (Å²) >= 11 is 5.93. The number of aromatic nitrogens is 2. The summed E-state index contributed by atoms with van der Waals surface area (Å²) in [7, 11) is 1.78. The van der Waals surface area contributed by atoms with Crippen molar-refractivity contribution < 1.29 is 4.74 Å². The first-order chi connectivity index (χ1) is 9.15. The molecule has 0 atom stereocenters. The number of alkyl halides is 1. The van der Waals surface area contributed by atoms with Crippen molar-refractivity contribution in [1.82, 2.24) is 9.97 Å². The molecule has 1 aliphatic rings. The molecular weight excluding hydrogens is 260 g/mol.